The van der Waals surface area contributed by atoms with Gasteiger partial charge in [-0.05, 0) is 54.8 Å². The number of thioether (sulfide) groups is 1. The molecule has 0 spiro atoms. The van der Waals surface area contributed by atoms with E-state index in [0.717, 1.165) is 42.0 Å². The summed E-state index contributed by atoms with van der Waals surface area (Å²) < 4.78 is 26.4. The van der Waals surface area contributed by atoms with Crippen LogP contribution in [0.3, 0.4) is 0 Å². The smallest absolute Gasteiger partial charge is 0.233 e. The summed E-state index contributed by atoms with van der Waals surface area (Å²) in [5.74, 6) is 2.18. The van der Waals surface area contributed by atoms with Crippen LogP contribution in [0.4, 0.5) is 4.39 Å². The first-order valence-electron chi connectivity index (χ1n) is 10.6. The van der Waals surface area contributed by atoms with Crippen molar-refractivity contribution in [1.82, 2.24) is 19.7 Å². The Kier molecular flexibility index (Phi) is 5.73. The van der Waals surface area contributed by atoms with Crippen LogP contribution < -0.4 is 9.47 Å². The fourth-order valence-corrected chi connectivity index (χ4v) is 4.98. The fraction of sp³-hybridized carbons (Fsp3) is 0.348. The number of rotatable bonds is 5. The molecule has 1 amide bonds. The molecule has 0 bridgehead atoms. The summed E-state index contributed by atoms with van der Waals surface area (Å²) in [4.78, 5) is 15.0. The van der Waals surface area contributed by atoms with Crippen LogP contribution in [-0.2, 0) is 11.8 Å². The van der Waals surface area contributed by atoms with Gasteiger partial charge in [0.1, 0.15) is 19.0 Å². The molecule has 1 saturated heterocycles. The van der Waals surface area contributed by atoms with Crippen LogP contribution in [0.15, 0.2) is 47.6 Å². The molecule has 32 heavy (non-hydrogen) atoms. The van der Waals surface area contributed by atoms with Gasteiger partial charge in [0.15, 0.2) is 22.5 Å². The molecule has 0 radical (unpaired) electrons. The first kappa shape index (κ1) is 20.8. The molecule has 2 aliphatic rings. The molecule has 2 aliphatic heterocycles. The van der Waals surface area contributed by atoms with E-state index in [1.165, 1.54) is 23.9 Å². The van der Waals surface area contributed by atoms with Gasteiger partial charge in [0.05, 0.1) is 11.8 Å². The minimum atomic E-state index is -0.297. The number of aromatic nitrogens is 3. The van der Waals surface area contributed by atoms with Gasteiger partial charge in [-0.2, -0.15) is 0 Å². The summed E-state index contributed by atoms with van der Waals surface area (Å²) in [7, 11) is 1.85. The number of fused-ring (bicyclic) bond motifs is 1. The van der Waals surface area contributed by atoms with Crippen LogP contribution in [0.2, 0.25) is 0 Å². The molecule has 1 atom stereocenters. The first-order valence-corrected chi connectivity index (χ1v) is 11.6. The summed E-state index contributed by atoms with van der Waals surface area (Å²) in [6.07, 6.45) is 1.89. The predicted octanol–water partition coefficient (Wildman–Crippen LogP) is 3.85. The first-order chi connectivity index (χ1) is 15.6. The highest BCUT2D eigenvalue weighted by Crippen LogP contribution is 2.38. The molecule has 1 aromatic heterocycles. The van der Waals surface area contributed by atoms with Crippen molar-refractivity contribution < 1.29 is 18.7 Å². The maximum Gasteiger partial charge on any atom is 0.233 e. The number of carbonyl (C=O) groups excluding carboxylic acids is 1. The number of benzene rings is 2. The van der Waals surface area contributed by atoms with Crippen molar-refractivity contribution in [2.45, 2.75) is 24.0 Å². The highest BCUT2D eigenvalue weighted by atomic mass is 32.2. The zero-order valence-corrected chi connectivity index (χ0v) is 18.5. The van der Waals surface area contributed by atoms with Crippen LogP contribution in [0.1, 0.15) is 24.4 Å². The number of hydrogen-bond acceptors (Lipinski definition) is 6. The molecule has 0 saturated carbocycles. The van der Waals surface area contributed by atoms with E-state index in [1.54, 1.807) is 12.1 Å². The van der Waals surface area contributed by atoms with Crippen molar-refractivity contribution in [2.75, 3.05) is 25.5 Å². The Bertz CT molecular complexity index is 1130. The molecule has 3 aromatic rings. The van der Waals surface area contributed by atoms with Crippen LogP contribution >= 0.6 is 11.8 Å². The van der Waals surface area contributed by atoms with E-state index in [9.17, 15) is 9.18 Å². The summed E-state index contributed by atoms with van der Waals surface area (Å²) >= 11 is 1.36. The van der Waals surface area contributed by atoms with E-state index in [4.69, 9.17) is 9.47 Å². The Labute approximate surface area is 189 Å². The van der Waals surface area contributed by atoms with Gasteiger partial charge in [0, 0.05) is 19.2 Å². The number of hydrogen-bond donors (Lipinski definition) is 0. The third-order valence-corrected chi connectivity index (χ3v) is 6.79. The molecule has 9 heteroatoms. The minimum absolute atomic E-state index is 0.0354. The van der Waals surface area contributed by atoms with Gasteiger partial charge >= 0.3 is 0 Å². The lowest BCUT2D eigenvalue weighted by Gasteiger charge is -2.26. The van der Waals surface area contributed by atoms with E-state index >= 15 is 0 Å². The Hall–Kier alpha value is -3.07. The maximum atomic E-state index is 13.2. The molecule has 0 aliphatic carbocycles. The van der Waals surface area contributed by atoms with Crippen molar-refractivity contribution >= 4 is 17.7 Å². The van der Waals surface area contributed by atoms with Crippen molar-refractivity contribution in [3.05, 3.63) is 53.8 Å². The van der Waals surface area contributed by atoms with E-state index < -0.39 is 0 Å². The average molecular weight is 455 g/mol. The summed E-state index contributed by atoms with van der Waals surface area (Å²) in [5, 5.41) is 9.08. The normalized spacial score (nSPS) is 17.6. The Morgan fingerprint density at radius 2 is 1.91 bits per heavy atom. The maximum absolute atomic E-state index is 13.2. The van der Waals surface area contributed by atoms with Gasteiger partial charge in [0.2, 0.25) is 5.91 Å². The second-order valence-electron chi connectivity index (χ2n) is 7.81. The van der Waals surface area contributed by atoms with Gasteiger partial charge in [-0.3, -0.25) is 4.79 Å². The monoisotopic (exact) mass is 454 g/mol. The molecular formula is C23H23FN4O3S. The zero-order chi connectivity index (χ0) is 22.1. The second-order valence-corrected chi connectivity index (χ2v) is 8.75. The number of likely N-dealkylation sites (tertiary alicyclic amines) is 1. The lowest BCUT2D eigenvalue weighted by Crippen LogP contribution is -2.32. The van der Waals surface area contributed by atoms with Crippen molar-refractivity contribution in [3.8, 4) is 22.9 Å². The number of ether oxygens (including phenoxy) is 2. The van der Waals surface area contributed by atoms with Crippen molar-refractivity contribution in [3.63, 3.8) is 0 Å². The fourth-order valence-electron chi connectivity index (χ4n) is 4.18. The number of amides is 1. The van der Waals surface area contributed by atoms with Gasteiger partial charge in [-0.25, -0.2) is 4.39 Å². The molecule has 5 rings (SSSR count). The van der Waals surface area contributed by atoms with Crippen molar-refractivity contribution in [1.29, 1.82) is 0 Å². The summed E-state index contributed by atoms with van der Waals surface area (Å²) in [6, 6.07) is 12.1. The van der Waals surface area contributed by atoms with Crippen LogP contribution in [-0.4, -0.2) is 51.1 Å². The van der Waals surface area contributed by atoms with Crippen LogP contribution in [0.25, 0.3) is 11.4 Å². The quantitative estimate of drug-likeness (QED) is 0.546. The lowest BCUT2D eigenvalue weighted by molar-refractivity contribution is -0.129. The third-order valence-electron chi connectivity index (χ3n) is 5.79. The SMILES string of the molecule is Cn1c(SCC(=O)N2CCC[C@H]2c2ccc3c(c2)OCCO3)nnc1-c1ccc(F)cc1. The number of nitrogens with zero attached hydrogens (tertiary/aromatic N) is 4. The van der Waals surface area contributed by atoms with Gasteiger partial charge in [0.25, 0.3) is 0 Å². The summed E-state index contributed by atoms with van der Waals surface area (Å²) in [5.41, 5.74) is 1.85. The van der Waals surface area contributed by atoms with Crippen LogP contribution in [0.5, 0.6) is 11.5 Å². The van der Waals surface area contributed by atoms with Crippen LogP contribution in [0, 0.1) is 5.82 Å². The Morgan fingerprint density at radius 1 is 1.12 bits per heavy atom. The van der Waals surface area contributed by atoms with Crippen molar-refractivity contribution in [2.24, 2.45) is 7.05 Å². The molecule has 3 heterocycles. The van der Waals surface area contributed by atoms with Gasteiger partial charge < -0.3 is 18.9 Å². The number of halogens is 1. The molecular weight excluding hydrogens is 431 g/mol. The van der Waals surface area contributed by atoms with E-state index in [2.05, 4.69) is 10.2 Å². The molecule has 0 N–H and O–H groups in total. The molecule has 2 aromatic carbocycles. The Balaban J connectivity index is 1.26. The van der Waals surface area contributed by atoms with E-state index in [1.807, 2.05) is 34.7 Å². The Morgan fingerprint density at radius 3 is 2.72 bits per heavy atom. The third kappa shape index (κ3) is 4.04. The lowest BCUT2D eigenvalue weighted by atomic mass is 10.0. The zero-order valence-electron chi connectivity index (χ0n) is 17.7. The average Bonchev–Trinajstić information content (AvgIpc) is 3.45. The van der Waals surface area contributed by atoms with Gasteiger partial charge in [-0.1, -0.05) is 17.8 Å². The largest absolute Gasteiger partial charge is 0.486 e. The van der Waals surface area contributed by atoms with E-state index in [-0.39, 0.29) is 23.5 Å². The number of carbonyl (C=O) groups is 1. The molecule has 7 nitrogen and oxygen atoms in total. The summed E-state index contributed by atoms with van der Waals surface area (Å²) in [6.45, 7) is 1.83. The highest BCUT2D eigenvalue weighted by Gasteiger charge is 2.31. The molecule has 166 valence electrons. The molecule has 1 fully saturated rings. The standard InChI is InChI=1S/C23H23FN4O3S/c1-27-22(15-4-7-17(24)8-5-15)25-26-23(27)32-14-21(29)28-10-2-3-18(28)16-6-9-19-20(13-16)31-12-11-30-19/h4-9,13,18H,2-3,10-12,14H2,1H3/t18-/m0/s1. The second kappa shape index (κ2) is 8.82. The minimum Gasteiger partial charge on any atom is -0.486 e. The molecule has 0 unspecified atom stereocenters. The van der Waals surface area contributed by atoms with E-state index in [0.29, 0.717) is 24.2 Å². The topological polar surface area (TPSA) is 69.5 Å². The van der Waals surface area contributed by atoms with Gasteiger partial charge in [-0.15, -0.1) is 10.2 Å². The highest BCUT2D eigenvalue weighted by molar-refractivity contribution is 7.99. The predicted molar refractivity (Wildman–Crippen MR) is 118 cm³/mol.